The molecular formula is C9H6ClNO. The highest BCUT2D eigenvalue weighted by Gasteiger charge is 2.08. The summed E-state index contributed by atoms with van der Waals surface area (Å²) in [5, 5.41) is 4.11. The molecule has 0 spiro atoms. The van der Waals surface area contributed by atoms with Crippen LogP contribution in [0.1, 0.15) is 11.3 Å². The van der Waals surface area contributed by atoms with Gasteiger partial charge in [0.2, 0.25) is 5.22 Å². The number of rotatable bonds is 0. The average molecular weight is 180 g/mol. The van der Waals surface area contributed by atoms with Gasteiger partial charge < -0.3 is 4.52 Å². The van der Waals surface area contributed by atoms with Crippen LogP contribution in [0.15, 0.2) is 28.8 Å². The first-order valence-corrected chi connectivity index (χ1v) is 3.92. The highest BCUT2D eigenvalue weighted by atomic mass is 35.5. The zero-order chi connectivity index (χ0) is 8.39. The standard InChI is InChI=1S/C9H6ClNO/c10-9-7-5-3-1-2-4-6-8(7)11-12-9/h1-6H/b2-1-,5-3-,6-4-. The van der Waals surface area contributed by atoms with E-state index in [0.29, 0.717) is 5.22 Å². The highest BCUT2D eigenvalue weighted by Crippen LogP contribution is 2.22. The van der Waals surface area contributed by atoms with E-state index in [1.807, 2.05) is 36.5 Å². The zero-order valence-electron chi connectivity index (χ0n) is 6.20. The van der Waals surface area contributed by atoms with Crippen LogP contribution >= 0.6 is 11.6 Å². The summed E-state index contributed by atoms with van der Waals surface area (Å²) in [6.07, 6.45) is 11.3. The van der Waals surface area contributed by atoms with Crippen LogP contribution in [0.2, 0.25) is 5.22 Å². The minimum absolute atomic E-state index is 0.334. The molecule has 0 fully saturated rings. The summed E-state index contributed by atoms with van der Waals surface area (Å²) in [6, 6.07) is 0. The average Bonchev–Trinajstić information content (AvgIpc) is 2.31. The van der Waals surface area contributed by atoms with Crippen LogP contribution < -0.4 is 0 Å². The van der Waals surface area contributed by atoms with Gasteiger partial charge in [-0.15, -0.1) is 0 Å². The van der Waals surface area contributed by atoms with Gasteiger partial charge in [0, 0.05) is 0 Å². The zero-order valence-corrected chi connectivity index (χ0v) is 6.95. The van der Waals surface area contributed by atoms with E-state index in [9.17, 15) is 0 Å². The smallest absolute Gasteiger partial charge is 0.233 e. The summed E-state index contributed by atoms with van der Waals surface area (Å²) in [5.74, 6) is 0. The number of aromatic nitrogens is 1. The predicted octanol–water partition coefficient (Wildman–Crippen LogP) is 2.92. The van der Waals surface area contributed by atoms with Crippen molar-refractivity contribution in [2.75, 3.05) is 0 Å². The number of hydrogen-bond donors (Lipinski definition) is 0. The topological polar surface area (TPSA) is 26.0 Å². The maximum Gasteiger partial charge on any atom is 0.233 e. The second kappa shape index (κ2) is 2.99. The first kappa shape index (κ1) is 7.37. The molecule has 0 aromatic carbocycles. The fourth-order valence-corrected chi connectivity index (χ4v) is 1.18. The van der Waals surface area contributed by atoms with E-state index in [1.165, 1.54) is 0 Å². The number of nitrogens with zero attached hydrogens (tertiary/aromatic N) is 1. The van der Waals surface area contributed by atoms with E-state index >= 15 is 0 Å². The molecule has 2 nitrogen and oxygen atoms in total. The Morgan fingerprint density at radius 2 is 1.83 bits per heavy atom. The molecule has 0 atom stereocenters. The fraction of sp³-hybridized carbons (Fsp3) is 0. The molecule has 1 aromatic heterocycles. The van der Waals surface area contributed by atoms with Gasteiger partial charge in [-0.1, -0.05) is 29.5 Å². The lowest BCUT2D eigenvalue weighted by atomic mass is 10.2. The molecule has 0 aliphatic heterocycles. The van der Waals surface area contributed by atoms with Crippen molar-refractivity contribution in [1.82, 2.24) is 5.16 Å². The van der Waals surface area contributed by atoms with Crippen molar-refractivity contribution in [1.29, 1.82) is 0 Å². The Balaban J connectivity index is 2.57. The van der Waals surface area contributed by atoms with Crippen LogP contribution in [-0.4, -0.2) is 5.16 Å². The second-order valence-electron chi connectivity index (χ2n) is 2.36. The molecule has 0 N–H and O–H groups in total. The minimum Gasteiger partial charge on any atom is -0.343 e. The monoisotopic (exact) mass is 179 g/mol. The Labute approximate surface area is 74.8 Å². The lowest BCUT2D eigenvalue weighted by Gasteiger charge is -1.89. The Kier molecular flexibility index (Phi) is 1.84. The maximum absolute atomic E-state index is 5.75. The number of allylic oxidation sites excluding steroid dienone is 4. The van der Waals surface area contributed by atoms with E-state index in [4.69, 9.17) is 16.1 Å². The quantitative estimate of drug-likeness (QED) is 0.612. The van der Waals surface area contributed by atoms with Crippen molar-refractivity contribution in [3.8, 4) is 0 Å². The van der Waals surface area contributed by atoms with Crippen LogP contribution in [-0.2, 0) is 0 Å². The molecule has 0 radical (unpaired) electrons. The molecule has 0 saturated carbocycles. The highest BCUT2D eigenvalue weighted by molar-refractivity contribution is 6.30. The summed E-state index contributed by atoms with van der Waals surface area (Å²) >= 11 is 5.75. The van der Waals surface area contributed by atoms with Crippen LogP contribution in [0.4, 0.5) is 0 Å². The van der Waals surface area contributed by atoms with E-state index < -0.39 is 0 Å². The first-order chi connectivity index (χ1) is 5.88. The van der Waals surface area contributed by atoms with Crippen LogP contribution in [0, 0.1) is 0 Å². The van der Waals surface area contributed by atoms with E-state index in [-0.39, 0.29) is 0 Å². The largest absolute Gasteiger partial charge is 0.343 e. The summed E-state index contributed by atoms with van der Waals surface area (Å²) in [7, 11) is 0. The van der Waals surface area contributed by atoms with Gasteiger partial charge in [0.25, 0.3) is 0 Å². The molecule has 0 bridgehead atoms. The number of halogens is 1. The van der Waals surface area contributed by atoms with Gasteiger partial charge in [0.15, 0.2) is 0 Å². The third-order valence-corrected chi connectivity index (χ3v) is 1.83. The Morgan fingerprint density at radius 1 is 1.08 bits per heavy atom. The molecule has 0 amide bonds. The van der Waals surface area contributed by atoms with E-state index in [0.717, 1.165) is 11.3 Å². The third-order valence-electron chi connectivity index (χ3n) is 1.56. The molecule has 2 rings (SSSR count). The van der Waals surface area contributed by atoms with Gasteiger partial charge >= 0.3 is 0 Å². The molecule has 0 saturated heterocycles. The molecular weight excluding hydrogens is 174 g/mol. The molecule has 1 heterocycles. The van der Waals surface area contributed by atoms with Gasteiger partial charge in [-0.05, 0) is 23.8 Å². The molecule has 1 aliphatic carbocycles. The number of fused-ring (bicyclic) bond motifs is 1. The van der Waals surface area contributed by atoms with Crippen molar-refractivity contribution in [3.05, 3.63) is 40.8 Å². The summed E-state index contributed by atoms with van der Waals surface area (Å²) in [5.41, 5.74) is 1.60. The molecule has 60 valence electrons. The third kappa shape index (κ3) is 1.21. The van der Waals surface area contributed by atoms with Crippen molar-refractivity contribution in [2.45, 2.75) is 0 Å². The lowest BCUT2D eigenvalue weighted by Crippen LogP contribution is -1.76. The van der Waals surface area contributed by atoms with Gasteiger partial charge in [-0.25, -0.2) is 0 Å². The second-order valence-corrected chi connectivity index (χ2v) is 2.70. The first-order valence-electron chi connectivity index (χ1n) is 3.54. The Morgan fingerprint density at radius 3 is 2.67 bits per heavy atom. The van der Waals surface area contributed by atoms with Crippen molar-refractivity contribution >= 4 is 23.8 Å². The minimum atomic E-state index is 0.334. The van der Waals surface area contributed by atoms with Crippen molar-refractivity contribution < 1.29 is 4.52 Å². The summed E-state index contributed by atoms with van der Waals surface area (Å²) < 4.78 is 4.81. The molecule has 3 heteroatoms. The molecule has 0 unspecified atom stereocenters. The van der Waals surface area contributed by atoms with Crippen molar-refractivity contribution in [3.63, 3.8) is 0 Å². The molecule has 1 aromatic rings. The molecule has 1 aliphatic rings. The summed E-state index contributed by atoms with van der Waals surface area (Å²) in [4.78, 5) is 0. The normalized spacial score (nSPS) is 22.1. The Bertz CT molecular complexity index is 374. The van der Waals surface area contributed by atoms with Gasteiger partial charge in [-0.2, -0.15) is 0 Å². The van der Waals surface area contributed by atoms with Gasteiger partial charge in [0.05, 0.1) is 5.56 Å². The number of hydrogen-bond acceptors (Lipinski definition) is 2. The van der Waals surface area contributed by atoms with Crippen molar-refractivity contribution in [2.24, 2.45) is 0 Å². The summed E-state index contributed by atoms with van der Waals surface area (Å²) in [6.45, 7) is 0. The van der Waals surface area contributed by atoms with E-state index in [1.54, 1.807) is 0 Å². The molecule has 12 heavy (non-hydrogen) atoms. The predicted molar refractivity (Wildman–Crippen MR) is 48.7 cm³/mol. The SMILES string of the molecule is Clc1onc2c1\C=C/C=C\C=C/2. The Hall–Kier alpha value is -1.28. The van der Waals surface area contributed by atoms with Crippen LogP contribution in [0.3, 0.4) is 0 Å². The van der Waals surface area contributed by atoms with Crippen LogP contribution in [0.25, 0.3) is 12.2 Å². The fourth-order valence-electron chi connectivity index (χ4n) is 0.986. The maximum atomic E-state index is 5.75. The lowest BCUT2D eigenvalue weighted by molar-refractivity contribution is 0.420. The van der Waals surface area contributed by atoms with Crippen LogP contribution in [0.5, 0.6) is 0 Å². The van der Waals surface area contributed by atoms with Gasteiger partial charge in [0.1, 0.15) is 5.69 Å². The van der Waals surface area contributed by atoms with Gasteiger partial charge in [-0.3, -0.25) is 0 Å². The van der Waals surface area contributed by atoms with E-state index in [2.05, 4.69) is 5.16 Å².